The van der Waals surface area contributed by atoms with Crippen LogP contribution in [0.2, 0.25) is 5.02 Å². The van der Waals surface area contributed by atoms with E-state index in [4.69, 9.17) is 11.6 Å². The van der Waals surface area contributed by atoms with Gasteiger partial charge in [0.15, 0.2) is 0 Å². The van der Waals surface area contributed by atoms with Crippen molar-refractivity contribution in [1.82, 2.24) is 0 Å². The fourth-order valence-corrected chi connectivity index (χ4v) is 3.72. The maximum Gasteiger partial charge on any atom is 0.0824 e. The van der Waals surface area contributed by atoms with Crippen molar-refractivity contribution in [2.75, 3.05) is 0 Å². The van der Waals surface area contributed by atoms with Crippen LogP contribution in [0.4, 0.5) is 0 Å². The quantitative estimate of drug-likeness (QED) is 0.837. The highest BCUT2D eigenvalue weighted by molar-refractivity contribution is 6.31. The van der Waals surface area contributed by atoms with Gasteiger partial charge in [-0.15, -0.1) is 0 Å². The topological polar surface area (TPSA) is 20.2 Å². The van der Waals surface area contributed by atoms with Gasteiger partial charge in [0.1, 0.15) is 0 Å². The molecule has 1 aromatic rings. The van der Waals surface area contributed by atoms with E-state index in [9.17, 15) is 5.11 Å². The zero-order chi connectivity index (χ0) is 12.0. The van der Waals surface area contributed by atoms with E-state index in [1.165, 1.54) is 25.7 Å². The van der Waals surface area contributed by atoms with Gasteiger partial charge in [-0.25, -0.2) is 0 Å². The van der Waals surface area contributed by atoms with Gasteiger partial charge in [-0.1, -0.05) is 36.6 Å². The zero-order valence-electron chi connectivity index (χ0n) is 10.2. The maximum atomic E-state index is 10.4. The van der Waals surface area contributed by atoms with E-state index in [2.05, 4.69) is 0 Å². The number of aliphatic hydroxyl groups is 1. The van der Waals surface area contributed by atoms with Gasteiger partial charge >= 0.3 is 0 Å². The number of aliphatic hydroxyl groups excluding tert-OH is 1. The number of benzene rings is 1. The number of halogens is 1. The average Bonchev–Trinajstić information content (AvgIpc) is 3.06. The molecule has 0 heterocycles. The smallest absolute Gasteiger partial charge is 0.0824 e. The monoisotopic (exact) mass is 250 g/mol. The van der Waals surface area contributed by atoms with Crippen molar-refractivity contribution in [2.24, 2.45) is 17.8 Å². The van der Waals surface area contributed by atoms with E-state index in [0.29, 0.717) is 5.92 Å². The normalized spacial score (nSPS) is 33.0. The van der Waals surface area contributed by atoms with Crippen molar-refractivity contribution < 1.29 is 5.11 Å². The maximum absolute atomic E-state index is 10.4. The molecule has 3 atom stereocenters. The number of rotatable bonds is 2. The Bertz CT molecular complexity index is 417. The zero-order valence-corrected chi connectivity index (χ0v) is 11.0. The number of fused-ring (bicyclic) bond motifs is 1. The molecule has 0 aromatic heterocycles. The first-order chi connectivity index (χ1) is 8.18. The van der Waals surface area contributed by atoms with Crippen LogP contribution in [-0.2, 0) is 0 Å². The van der Waals surface area contributed by atoms with Crippen LogP contribution in [0.5, 0.6) is 0 Å². The predicted molar refractivity (Wildman–Crippen MR) is 70.1 cm³/mol. The van der Waals surface area contributed by atoms with Gasteiger partial charge in [-0.3, -0.25) is 0 Å². The lowest BCUT2D eigenvalue weighted by atomic mass is 10.0. The summed E-state index contributed by atoms with van der Waals surface area (Å²) in [5.41, 5.74) is 2.08. The molecule has 1 aromatic carbocycles. The Morgan fingerprint density at radius 3 is 2.47 bits per heavy atom. The fraction of sp³-hybridized carbons (Fsp3) is 0.600. The van der Waals surface area contributed by atoms with Gasteiger partial charge in [0.25, 0.3) is 0 Å². The highest BCUT2D eigenvalue weighted by Crippen LogP contribution is 2.60. The Kier molecular flexibility index (Phi) is 2.92. The molecule has 0 aliphatic heterocycles. The summed E-state index contributed by atoms with van der Waals surface area (Å²) in [6.07, 6.45) is 5.01. The van der Waals surface area contributed by atoms with E-state index in [0.717, 1.165) is 28.0 Å². The van der Waals surface area contributed by atoms with Crippen LogP contribution in [0, 0.1) is 24.7 Å². The molecular formula is C15H19ClO. The second kappa shape index (κ2) is 4.29. The SMILES string of the molecule is Cc1ccc(C(O)C2C3CCCCC32)cc1Cl. The molecule has 17 heavy (non-hydrogen) atoms. The lowest BCUT2D eigenvalue weighted by Crippen LogP contribution is -2.02. The summed E-state index contributed by atoms with van der Waals surface area (Å²) in [5.74, 6) is 2.05. The van der Waals surface area contributed by atoms with Gasteiger partial charge in [-0.2, -0.15) is 0 Å². The van der Waals surface area contributed by atoms with Crippen molar-refractivity contribution >= 4 is 11.6 Å². The molecule has 2 heteroatoms. The van der Waals surface area contributed by atoms with Crippen molar-refractivity contribution in [3.8, 4) is 0 Å². The molecule has 0 amide bonds. The minimum atomic E-state index is -0.304. The molecule has 2 saturated carbocycles. The van der Waals surface area contributed by atoms with Crippen LogP contribution >= 0.6 is 11.6 Å². The standard InChI is InChI=1S/C15H19ClO/c1-9-6-7-10(8-13(9)16)15(17)14-11-4-2-3-5-12(11)14/h6-8,11-12,14-15,17H,2-5H2,1H3. The summed E-state index contributed by atoms with van der Waals surface area (Å²) < 4.78 is 0. The number of aryl methyl sites for hydroxylation is 1. The molecule has 0 bridgehead atoms. The van der Waals surface area contributed by atoms with Gasteiger partial charge in [-0.05, 0) is 54.7 Å². The van der Waals surface area contributed by atoms with Crippen LogP contribution in [0.1, 0.15) is 42.9 Å². The predicted octanol–water partition coefficient (Wildman–Crippen LogP) is 4.12. The summed E-state index contributed by atoms with van der Waals surface area (Å²) in [5, 5.41) is 11.2. The Labute approximate surface area is 108 Å². The largest absolute Gasteiger partial charge is 0.388 e. The molecule has 0 saturated heterocycles. The van der Waals surface area contributed by atoms with E-state index in [1.807, 2.05) is 25.1 Å². The highest BCUT2D eigenvalue weighted by Gasteiger charge is 2.54. The molecule has 3 unspecified atom stereocenters. The molecule has 1 nitrogen and oxygen atoms in total. The van der Waals surface area contributed by atoms with Crippen molar-refractivity contribution in [3.05, 3.63) is 34.3 Å². The molecule has 92 valence electrons. The van der Waals surface area contributed by atoms with Gasteiger partial charge in [0, 0.05) is 5.02 Å². The van der Waals surface area contributed by atoms with E-state index in [-0.39, 0.29) is 6.10 Å². The first kappa shape index (κ1) is 11.6. The van der Waals surface area contributed by atoms with E-state index < -0.39 is 0 Å². The van der Waals surface area contributed by atoms with E-state index >= 15 is 0 Å². The van der Waals surface area contributed by atoms with Crippen molar-refractivity contribution in [1.29, 1.82) is 0 Å². The van der Waals surface area contributed by atoms with Gasteiger partial charge < -0.3 is 5.11 Å². The third kappa shape index (κ3) is 2.00. The average molecular weight is 251 g/mol. The molecule has 0 spiro atoms. The molecule has 0 radical (unpaired) electrons. The molecule has 1 N–H and O–H groups in total. The Morgan fingerprint density at radius 1 is 1.24 bits per heavy atom. The Hall–Kier alpha value is -0.530. The van der Waals surface area contributed by atoms with Gasteiger partial charge in [0.05, 0.1) is 6.10 Å². The minimum absolute atomic E-state index is 0.304. The van der Waals surface area contributed by atoms with Crippen molar-refractivity contribution in [2.45, 2.75) is 38.7 Å². The highest BCUT2D eigenvalue weighted by atomic mass is 35.5. The Morgan fingerprint density at radius 2 is 1.88 bits per heavy atom. The number of hydrogen-bond donors (Lipinski definition) is 1. The minimum Gasteiger partial charge on any atom is -0.388 e. The first-order valence-corrected chi connectivity index (χ1v) is 7.00. The van der Waals surface area contributed by atoms with Crippen LogP contribution in [0.3, 0.4) is 0 Å². The summed E-state index contributed by atoms with van der Waals surface area (Å²) >= 11 is 6.12. The second-order valence-corrected chi connectivity index (χ2v) is 6.05. The van der Waals surface area contributed by atoms with E-state index in [1.54, 1.807) is 0 Å². The van der Waals surface area contributed by atoms with Crippen LogP contribution in [0.25, 0.3) is 0 Å². The fourth-order valence-electron chi connectivity index (χ4n) is 3.53. The van der Waals surface area contributed by atoms with Crippen LogP contribution in [0.15, 0.2) is 18.2 Å². The third-order valence-corrected chi connectivity index (χ3v) is 5.03. The van der Waals surface area contributed by atoms with Gasteiger partial charge in [0.2, 0.25) is 0 Å². The molecule has 2 aliphatic rings. The summed E-state index contributed by atoms with van der Waals surface area (Å²) in [7, 11) is 0. The lowest BCUT2D eigenvalue weighted by molar-refractivity contribution is 0.142. The molecular weight excluding hydrogens is 232 g/mol. The molecule has 2 fully saturated rings. The lowest BCUT2D eigenvalue weighted by Gasteiger charge is -2.12. The number of hydrogen-bond acceptors (Lipinski definition) is 1. The Balaban J connectivity index is 1.78. The summed E-state index contributed by atoms with van der Waals surface area (Å²) in [4.78, 5) is 0. The van der Waals surface area contributed by atoms with Crippen molar-refractivity contribution in [3.63, 3.8) is 0 Å². The molecule has 3 rings (SSSR count). The first-order valence-electron chi connectivity index (χ1n) is 6.62. The second-order valence-electron chi connectivity index (χ2n) is 5.64. The third-order valence-electron chi connectivity index (χ3n) is 4.62. The van der Waals surface area contributed by atoms with Crippen LogP contribution in [-0.4, -0.2) is 5.11 Å². The molecule has 2 aliphatic carbocycles. The summed E-state index contributed by atoms with van der Waals surface area (Å²) in [6.45, 7) is 2.00. The summed E-state index contributed by atoms with van der Waals surface area (Å²) in [6, 6.07) is 5.97. The van der Waals surface area contributed by atoms with Crippen LogP contribution < -0.4 is 0 Å².